The molecule has 156 valence electrons. The van der Waals surface area contributed by atoms with E-state index in [-0.39, 0.29) is 19.8 Å². The van der Waals surface area contributed by atoms with Crippen molar-refractivity contribution in [2.24, 2.45) is 0 Å². The fourth-order valence-electron chi connectivity index (χ4n) is 2.41. The summed E-state index contributed by atoms with van der Waals surface area (Å²) >= 11 is 0. The van der Waals surface area contributed by atoms with E-state index in [1.807, 2.05) is 0 Å². The Balaban J connectivity index is 2.24. The van der Waals surface area contributed by atoms with Crippen molar-refractivity contribution >= 4 is 5.91 Å². The first-order valence-corrected chi connectivity index (χ1v) is 8.69. The van der Waals surface area contributed by atoms with Gasteiger partial charge in [0.15, 0.2) is 6.29 Å². The van der Waals surface area contributed by atoms with Gasteiger partial charge in [0.05, 0.1) is 46.2 Å². The quantitative estimate of drug-likeness (QED) is 0.201. The van der Waals surface area contributed by atoms with E-state index in [0.29, 0.717) is 26.4 Å². The summed E-state index contributed by atoms with van der Waals surface area (Å²) in [5.41, 5.74) is 0. The fraction of sp³-hybridized carbons (Fsp3) is 0.824. The lowest BCUT2D eigenvalue weighted by molar-refractivity contribution is -0.272. The highest BCUT2D eigenvalue weighted by molar-refractivity contribution is 5.73. The minimum atomic E-state index is -1.34. The number of rotatable bonds is 13. The zero-order valence-electron chi connectivity index (χ0n) is 15.4. The maximum absolute atomic E-state index is 11.3. The van der Waals surface area contributed by atoms with E-state index < -0.39 is 43.2 Å². The molecule has 1 amide bonds. The van der Waals surface area contributed by atoms with Crippen LogP contribution in [0.1, 0.15) is 6.92 Å². The van der Waals surface area contributed by atoms with E-state index in [1.54, 1.807) is 0 Å². The molecule has 1 heterocycles. The number of amides is 1. The molecule has 1 rings (SSSR count). The second kappa shape index (κ2) is 13.8. The van der Waals surface area contributed by atoms with E-state index in [4.69, 9.17) is 30.1 Å². The third-order valence-corrected chi connectivity index (χ3v) is 3.69. The normalized spacial score (nSPS) is 27.9. The van der Waals surface area contributed by atoms with Crippen LogP contribution in [0.25, 0.3) is 0 Å². The Bertz CT molecular complexity index is 456. The smallest absolute Gasteiger partial charge is 0.217 e. The summed E-state index contributed by atoms with van der Waals surface area (Å²) in [5.74, 6) is 1.94. The average Bonchev–Trinajstić information content (AvgIpc) is 2.64. The van der Waals surface area contributed by atoms with Gasteiger partial charge in [-0.05, 0) is 0 Å². The van der Waals surface area contributed by atoms with E-state index in [2.05, 4.69) is 11.2 Å². The number of terminal acetylenes is 1. The van der Waals surface area contributed by atoms with Gasteiger partial charge in [-0.25, -0.2) is 0 Å². The van der Waals surface area contributed by atoms with Crippen LogP contribution in [0.4, 0.5) is 0 Å². The molecule has 27 heavy (non-hydrogen) atoms. The van der Waals surface area contributed by atoms with Crippen molar-refractivity contribution in [1.29, 1.82) is 0 Å². The maximum atomic E-state index is 11.3. The Hall–Kier alpha value is -1.29. The summed E-state index contributed by atoms with van der Waals surface area (Å²) < 4.78 is 26.6. The van der Waals surface area contributed by atoms with Crippen molar-refractivity contribution in [3.05, 3.63) is 0 Å². The molecule has 0 saturated carbocycles. The van der Waals surface area contributed by atoms with Gasteiger partial charge < -0.3 is 44.3 Å². The number of carbonyl (C=O) groups is 1. The number of aliphatic hydroxyl groups excluding tert-OH is 3. The van der Waals surface area contributed by atoms with Crippen LogP contribution in [0.2, 0.25) is 0 Å². The van der Waals surface area contributed by atoms with Gasteiger partial charge >= 0.3 is 0 Å². The molecule has 0 aromatic carbocycles. The number of nitrogens with one attached hydrogen (secondary N) is 1. The molecule has 1 aliphatic rings. The second-order valence-corrected chi connectivity index (χ2v) is 5.79. The van der Waals surface area contributed by atoms with Gasteiger partial charge in [-0.15, -0.1) is 6.42 Å². The average molecular weight is 391 g/mol. The van der Waals surface area contributed by atoms with Crippen LogP contribution in [0.3, 0.4) is 0 Å². The molecule has 1 saturated heterocycles. The lowest BCUT2D eigenvalue weighted by Crippen LogP contribution is -2.64. The monoisotopic (exact) mass is 391 g/mol. The molecule has 0 spiro atoms. The fourth-order valence-corrected chi connectivity index (χ4v) is 2.41. The van der Waals surface area contributed by atoms with E-state index in [1.165, 1.54) is 6.92 Å². The van der Waals surface area contributed by atoms with Crippen LogP contribution in [-0.4, -0.2) is 105 Å². The molecule has 4 N–H and O–H groups in total. The predicted octanol–water partition coefficient (Wildman–Crippen LogP) is -2.37. The van der Waals surface area contributed by atoms with E-state index >= 15 is 0 Å². The number of hydrogen-bond donors (Lipinski definition) is 4. The van der Waals surface area contributed by atoms with Crippen LogP contribution in [-0.2, 0) is 28.5 Å². The molecular weight excluding hydrogens is 362 g/mol. The molecular formula is C17H29NO9. The van der Waals surface area contributed by atoms with Crippen molar-refractivity contribution in [2.45, 2.75) is 37.6 Å². The van der Waals surface area contributed by atoms with E-state index in [9.17, 15) is 20.1 Å². The Labute approximate surface area is 158 Å². The summed E-state index contributed by atoms with van der Waals surface area (Å²) in [6.07, 6.45) is 0.315. The Morgan fingerprint density at radius 3 is 2.22 bits per heavy atom. The van der Waals surface area contributed by atoms with Crippen molar-refractivity contribution in [3.8, 4) is 12.3 Å². The summed E-state index contributed by atoms with van der Waals surface area (Å²) in [6, 6.07) is -0.966. The molecule has 1 fully saturated rings. The third kappa shape index (κ3) is 8.96. The van der Waals surface area contributed by atoms with Gasteiger partial charge in [0.1, 0.15) is 31.0 Å². The standard InChI is InChI=1S/C17H29NO9/c1-3-4-23-5-6-24-7-8-25-9-10-26-17-14(18-12(2)20)16(22)15(21)13(11-19)27-17/h1,13-17,19,21-22H,4-11H2,2H3,(H,18,20)/t13-,14+,15-,16+,17-/m0/s1. The minimum absolute atomic E-state index is 0.118. The first-order chi connectivity index (χ1) is 13.0. The highest BCUT2D eigenvalue weighted by Gasteiger charge is 2.45. The molecule has 0 aromatic rings. The molecule has 10 heteroatoms. The van der Waals surface area contributed by atoms with Gasteiger partial charge in [0.25, 0.3) is 0 Å². The Morgan fingerprint density at radius 1 is 1.07 bits per heavy atom. The van der Waals surface area contributed by atoms with Gasteiger partial charge in [-0.2, -0.15) is 0 Å². The van der Waals surface area contributed by atoms with Crippen molar-refractivity contribution < 1.29 is 43.8 Å². The van der Waals surface area contributed by atoms with Crippen molar-refractivity contribution in [2.75, 3.05) is 52.9 Å². The molecule has 0 aromatic heterocycles. The summed E-state index contributed by atoms with van der Waals surface area (Å²) in [7, 11) is 0. The largest absolute Gasteiger partial charge is 0.394 e. The molecule has 0 bridgehead atoms. The van der Waals surface area contributed by atoms with Gasteiger partial charge in [0, 0.05) is 6.92 Å². The highest BCUT2D eigenvalue weighted by Crippen LogP contribution is 2.22. The number of ether oxygens (including phenoxy) is 5. The number of aliphatic hydroxyl groups is 3. The van der Waals surface area contributed by atoms with Crippen LogP contribution in [0, 0.1) is 12.3 Å². The summed E-state index contributed by atoms with van der Waals surface area (Å²) in [4.78, 5) is 11.3. The number of hydrogen-bond acceptors (Lipinski definition) is 9. The topological polar surface area (TPSA) is 136 Å². The van der Waals surface area contributed by atoms with Crippen LogP contribution in [0.15, 0.2) is 0 Å². The minimum Gasteiger partial charge on any atom is -0.394 e. The molecule has 5 atom stereocenters. The molecule has 1 aliphatic heterocycles. The SMILES string of the molecule is C#CCOCCOCCOCCO[C@H]1O[C@@H](CO)[C@H](O)[C@H](O)[C@H]1NC(C)=O. The first-order valence-electron chi connectivity index (χ1n) is 8.69. The molecule has 0 unspecified atom stereocenters. The van der Waals surface area contributed by atoms with Crippen molar-refractivity contribution in [1.82, 2.24) is 5.32 Å². The van der Waals surface area contributed by atoms with Crippen LogP contribution < -0.4 is 5.32 Å². The molecule has 0 aliphatic carbocycles. The number of carbonyl (C=O) groups excluding carboxylic acids is 1. The van der Waals surface area contributed by atoms with Crippen LogP contribution >= 0.6 is 0 Å². The second-order valence-electron chi connectivity index (χ2n) is 5.79. The van der Waals surface area contributed by atoms with Gasteiger partial charge in [-0.1, -0.05) is 5.92 Å². The Morgan fingerprint density at radius 2 is 1.67 bits per heavy atom. The third-order valence-electron chi connectivity index (χ3n) is 3.69. The predicted molar refractivity (Wildman–Crippen MR) is 92.6 cm³/mol. The molecule has 10 nitrogen and oxygen atoms in total. The summed E-state index contributed by atoms with van der Waals surface area (Å²) in [6.45, 7) is 2.93. The van der Waals surface area contributed by atoms with Crippen molar-refractivity contribution in [3.63, 3.8) is 0 Å². The zero-order chi connectivity index (χ0) is 20.1. The Kier molecular flexibility index (Phi) is 12.2. The van der Waals surface area contributed by atoms with Gasteiger partial charge in [-0.3, -0.25) is 4.79 Å². The lowest BCUT2D eigenvalue weighted by atomic mass is 9.97. The van der Waals surface area contributed by atoms with Gasteiger partial charge in [0.2, 0.25) is 5.91 Å². The first kappa shape index (κ1) is 23.7. The zero-order valence-corrected chi connectivity index (χ0v) is 15.4. The highest BCUT2D eigenvalue weighted by atomic mass is 16.7. The lowest BCUT2D eigenvalue weighted by Gasteiger charge is -2.42. The molecule has 0 radical (unpaired) electrons. The maximum Gasteiger partial charge on any atom is 0.217 e. The van der Waals surface area contributed by atoms with E-state index in [0.717, 1.165) is 0 Å². The van der Waals surface area contributed by atoms with Crippen LogP contribution in [0.5, 0.6) is 0 Å². The summed E-state index contributed by atoms with van der Waals surface area (Å²) in [5, 5.41) is 31.7.